The summed E-state index contributed by atoms with van der Waals surface area (Å²) in [6.45, 7) is 14.5. The zero-order valence-corrected chi connectivity index (χ0v) is 35.5. The van der Waals surface area contributed by atoms with E-state index < -0.39 is 71.3 Å². The number of rotatable bonds is 24. The van der Waals surface area contributed by atoms with Gasteiger partial charge in [-0.3, -0.25) is 14.4 Å². The number of hydrogen-bond acceptors (Lipinski definition) is 12. The molecule has 0 radical (unpaired) electrons. The Bertz CT molecular complexity index is 1410. The number of hydrogen-bond donors (Lipinski definition) is 6. The van der Waals surface area contributed by atoms with Gasteiger partial charge in [0.15, 0.2) is 0 Å². The summed E-state index contributed by atoms with van der Waals surface area (Å²) in [7, 11) is 0. The van der Waals surface area contributed by atoms with E-state index >= 15 is 0 Å². The van der Waals surface area contributed by atoms with Crippen LogP contribution in [0.15, 0.2) is 12.1 Å². The van der Waals surface area contributed by atoms with E-state index in [1.165, 1.54) is 12.8 Å². The van der Waals surface area contributed by atoms with E-state index in [1.807, 2.05) is 20.8 Å². The molecule has 0 aliphatic rings. The summed E-state index contributed by atoms with van der Waals surface area (Å²) in [5.41, 5.74) is -2.26. The highest BCUT2D eigenvalue weighted by atomic mass is 16.7. The summed E-state index contributed by atoms with van der Waals surface area (Å²) < 4.78 is 16.3. The lowest BCUT2D eigenvalue weighted by Gasteiger charge is -2.25. The number of carbonyl (C=O) groups is 6. The van der Waals surface area contributed by atoms with E-state index in [0.717, 1.165) is 69.9 Å². The predicted molar refractivity (Wildman–Crippen MR) is 212 cm³/mol. The molecule has 0 saturated heterocycles. The third-order valence-electron chi connectivity index (χ3n) is 7.90. The van der Waals surface area contributed by atoms with Crippen LogP contribution in [0.3, 0.4) is 0 Å². The lowest BCUT2D eigenvalue weighted by Crippen LogP contribution is -2.57. The molecule has 4 amide bonds. The van der Waals surface area contributed by atoms with Crippen LogP contribution in [-0.2, 0) is 33.4 Å². The van der Waals surface area contributed by atoms with Gasteiger partial charge in [0.2, 0.25) is 23.6 Å². The van der Waals surface area contributed by atoms with Gasteiger partial charge in [-0.05, 0) is 75.2 Å². The Labute approximate surface area is 337 Å². The summed E-state index contributed by atoms with van der Waals surface area (Å²) in [6, 6.07) is -0.797. The molecule has 0 unspecified atom stereocenters. The maximum absolute atomic E-state index is 13.3. The fourth-order valence-corrected chi connectivity index (χ4v) is 5.30. The summed E-state index contributed by atoms with van der Waals surface area (Å²) in [5, 5.41) is 29.6. The zero-order valence-electron chi connectivity index (χ0n) is 35.5. The first kappa shape index (κ1) is 50.3. The monoisotopic (exact) mass is 811 g/mol. The predicted octanol–water partition coefficient (Wildman–Crippen LogP) is 5.68. The number of esters is 1. The summed E-state index contributed by atoms with van der Waals surface area (Å²) in [6.07, 6.45) is 11.1. The van der Waals surface area contributed by atoms with E-state index in [0.29, 0.717) is 17.6 Å². The molecule has 1 aromatic rings. The van der Waals surface area contributed by atoms with Gasteiger partial charge in [-0.25, -0.2) is 14.4 Å². The topological polar surface area (TPSA) is 233 Å². The van der Waals surface area contributed by atoms with Crippen LogP contribution < -0.4 is 26.1 Å². The molecule has 0 fully saturated rings. The van der Waals surface area contributed by atoms with Crippen molar-refractivity contribution < 1.29 is 58.0 Å². The zero-order chi connectivity index (χ0) is 43.2. The Balaban J connectivity index is 2.57. The maximum atomic E-state index is 13.3. The van der Waals surface area contributed by atoms with Crippen LogP contribution in [0.5, 0.6) is 11.8 Å². The van der Waals surface area contributed by atoms with Gasteiger partial charge in [-0.15, -0.1) is 4.73 Å². The average molecular weight is 812 g/mol. The second kappa shape index (κ2) is 24.8. The molecule has 17 heteroatoms. The van der Waals surface area contributed by atoms with Crippen LogP contribution in [0.2, 0.25) is 0 Å². The van der Waals surface area contributed by atoms with Gasteiger partial charge in [0.05, 0.1) is 0 Å². The molecule has 0 spiro atoms. The van der Waals surface area contributed by atoms with Crippen molar-refractivity contribution in [3.63, 3.8) is 0 Å². The Hall–Kier alpha value is -4.70. The van der Waals surface area contributed by atoms with Crippen molar-refractivity contribution in [2.45, 2.75) is 181 Å². The number of aromatic nitrogens is 1. The molecule has 17 nitrogen and oxygen atoms in total. The molecule has 6 N–H and O–H groups in total. The Kier molecular flexibility index (Phi) is 21.9. The van der Waals surface area contributed by atoms with E-state index in [2.05, 4.69) is 21.3 Å². The van der Waals surface area contributed by atoms with Gasteiger partial charge in [0.25, 0.3) is 0 Å². The Morgan fingerprint density at radius 2 is 0.947 bits per heavy atom. The van der Waals surface area contributed by atoms with Crippen LogP contribution in [-0.4, -0.2) is 92.9 Å². The Morgan fingerprint density at radius 1 is 0.561 bits per heavy atom. The fourth-order valence-electron chi connectivity index (χ4n) is 5.30. The minimum Gasteiger partial charge on any atom is -0.492 e. The summed E-state index contributed by atoms with van der Waals surface area (Å²) >= 11 is 0. The molecule has 0 aliphatic heterocycles. The van der Waals surface area contributed by atoms with Gasteiger partial charge in [-0.2, -0.15) is 0 Å². The molecule has 1 aromatic heterocycles. The summed E-state index contributed by atoms with van der Waals surface area (Å²) in [5.74, 6) is -3.68. The molecule has 326 valence electrons. The highest BCUT2D eigenvalue weighted by molar-refractivity contribution is 5.88. The van der Waals surface area contributed by atoms with Gasteiger partial charge in [-0.1, -0.05) is 64.2 Å². The van der Waals surface area contributed by atoms with Gasteiger partial charge in [0, 0.05) is 38.1 Å². The normalized spacial score (nSPS) is 12.8. The molecule has 2 atom stereocenters. The van der Waals surface area contributed by atoms with E-state index in [4.69, 9.17) is 19.0 Å². The van der Waals surface area contributed by atoms with Crippen LogP contribution in [0.25, 0.3) is 0 Å². The second-order valence-corrected chi connectivity index (χ2v) is 17.0. The molecular weight excluding hydrogens is 742 g/mol. The number of amides is 4. The Morgan fingerprint density at radius 3 is 1.39 bits per heavy atom. The van der Waals surface area contributed by atoms with E-state index in [-0.39, 0.29) is 24.8 Å². The largest absolute Gasteiger partial charge is 0.492 e. The van der Waals surface area contributed by atoms with Crippen molar-refractivity contribution >= 4 is 35.9 Å². The molecule has 0 aliphatic carbocycles. The number of alkyl carbamates (subject to hydrolysis) is 2. The van der Waals surface area contributed by atoms with Crippen LogP contribution in [0.4, 0.5) is 9.59 Å². The van der Waals surface area contributed by atoms with Crippen molar-refractivity contribution in [1.82, 2.24) is 26.0 Å². The number of carbonyl (C=O) groups excluding carboxylic acids is 6. The maximum Gasteiger partial charge on any atom is 0.408 e. The molecular formula is C40H69N5O12. The standard InChI is InChI=1S/C40H69N5O12/c1-38(2,3)54-33(49)23-21-19-17-15-13-11-10-12-14-16-18-20-22-30(46)41-26-28(43-36(52)55-39(4,5)6)34(50)42-27-29(44-37(53)56-40(7,8)9)35(51)57-45-31(47)24-25-32(45)48/h24-25,28-29,47-48H,10-23,26-27H2,1-9H3,(H,41,46)(H,42,50)(H,43,52)(H,44,53)/t28-,29-/m0/s1. The minimum absolute atomic E-state index is 0.132. The number of aromatic hydroxyl groups is 2. The smallest absolute Gasteiger partial charge is 0.408 e. The number of unbranched alkanes of at least 4 members (excludes halogenated alkanes) is 11. The van der Waals surface area contributed by atoms with Crippen LogP contribution in [0, 0.1) is 0 Å². The number of ether oxygens (including phenoxy) is 3. The van der Waals surface area contributed by atoms with Crippen LogP contribution in [0.1, 0.15) is 152 Å². The second-order valence-electron chi connectivity index (χ2n) is 17.0. The molecule has 0 saturated carbocycles. The number of nitrogens with one attached hydrogen (secondary N) is 4. The van der Waals surface area contributed by atoms with Crippen molar-refractivity contribution in [3.8, 4) is 11.8 Å². The molecule has 0 bridgehead atoms. The third-order valence-corrected chi connectivity index (χ3v) is 7.90. The highest BCUT2D eigenvalue weighted by Crippen LogP contribution is 2.19. The van der Waals surface area contributed by atoms with Crippen molar-refractivity contribution in [1.29, 1.82) is 0 Å². The van der Waals surface area contributed by atoms with Crippen molar-refractivity contribution in [2.75, 3.05) is 13.1 Å². The lowest BCUT2D eigenvalue weighted by molar-refractivity contribution is -0.155. The van der Waals surface area contributed by atoms with Gasteiger partial charge in [0.1, 0.15) is 28.9 Å². The van der Waals surface area contributed by atoms with E-state index in [9.17, 15) is 39.0 Å². The van der Waals surface area contributed by atoms with Crippen molar-refractivity contribution in [2.24, 2.45) is 0 Å². The SMILES string of the molecule is CC(C)(C)OC(=O)CCCCCCCCCCCCCCC(=O)NC[C@H](NC(=O)OC(C)(C)C)C(=O)NC[C@H](NC(=O)OC(C)(C)C)C(=O)On1c(O)ccc1O. The highest BCUT2D eigenvalue weighted by Gasteiger charge is 2.31. The lowest BCUT2D eigenvalue weighted by atomic mass is 10.0. The molecule has 1 heterocycles. The van der Waals surface area contributed by atoms with Gasteiger partial charge >= 0.3 is 24.1 Å². The van der Waals surface area contributed by atoms with Crippen LogP contribution >= 0.6 is 0 Å². The third kappa shape index (κ3) is 25.2. The van der Waals surface area contributed by atoms with Crippen molar-refractivity contribution in [3.05, 3.63) is 12.1 Å². The van der Waals surface area contributed by atoms with Gasteiger partial charge < -0.3 is 50.5 Å². The number of nitrogens with zero attached hydrogens (tertiary/aromatic N) is 1. The molecule has 1 rings (SSSR count). The molecule has 57 heavy (non-hydrogen) atoms. The van der Waals surface area contributed by atoms with E-state index in [1.54, 1.807) is 41.5 Å². The minimum atomic E-state index is -1.59. The molecule has 0 aromatic carbocycles. The fraction of sp³-hybridized carbons (Fsp3) is 0.750. The quantitative estimate of drug-likeness (QED) is 0.0421. The summed E-state index contributed by atoms with van der Waals surface area (Å²) in [4.78, 5) is 81.0. The first-order valence-electron chi connectivity index (χ1n) is 20.0. The first-order valence-corrected chi connectivity index (χ1v) is 20.0. The first-order chi connectivity index (χ1) is 26.5. The average Bonchev–Trinajstić information content (AvgIpc) is 3.38.